The molecule has 76 valence electrons. The van der Waals surface area contributed by atoms with Gasteiger partial charge in [-0.25, -0.2) is 0 Å². The van der Waals surface area contributed by atoms with Crippen molar-refractivity contribution in [3.8, 4) is 0 Å². The summed E-state index contributed by atoms with van der Waals surface area (Å²) in [5.41, 5.74) is 1.23. The zero-order valence-electron chi connectivity index (χ0n) is 8.86. The van der Waals surface area contributed by atoms with E-state index >= 15 is 0 Å². The van der Waals surface area contributed by atoms with Gasteiger partial charge >= 0.3 is 0 Å². The molecule has 0 bridgehead atoms. The topological polar surface area (TPSA) is 0 Å². The average molecular weight is 214 g/mol. The maximum atomic E-state index is 5.45. The first-order valence-electron chi connectivity index (χ1n) is 5.34. The molecule has 2 aromatic carbocycles. The van der Waals surface area contributed by atoms with Crippen molar-refractivity contribution < 1.29 is 0 Å². The highest BCUT2D eigenvalue weighted by Gasteiger charge is 2.04. The summed E-state index contributed by atoms with van der Waals surface area (Å²) in [5, 5.41) is 2.55. The van der Waals surface area contributed by atoms with Crippen molar-refractivity contribution in [3.05, 3.63) is 48.0 Å². The maximum absolute atomic E-state index is 5.45. The van der Waals surface area contributed by atoms with Crippen molar-refractivity contribution in [2.45, 2.75) is 19.8 Å². The molecule has 0 aliphatic carbocycles. The van der Waals surface area contributed by atoms with Crippen LogP contribution in [-0.4, -0.2) is 4.86 Å². The number of hydrogen-bond acceptors (Lipinski definition) is 1. The Morgan fingerprint density at radius 1 is 1.07 bits per heavy atom. The largest absolute Gasteiger partial charge is 0.0842 e. The Hall–Kier alpha value is -1.21. The van der Waals surface area contributed by atoms with Crippen molar-refractivity contribution in [1.29, 1.82) is 0 Å². The van der Waals surface area contributed by atoms with Crippen LogP contribution in [0.3, 0.4) is 0 Å². The fourth-order valence-corrected chi connectivity index (χ4v) is 2.21. The minimum atomic E-state index is 1.00. The van der Waals surface area contributed by atoms with Gasteiger partial charge < -0.3 is 0 Å². The number of benzene rings is 2. The summed E-state index contributed by atoms with van der Waals surface area (Å²) in [5.74, 6) is 0. The van der Waals surface area contributed by atoms with E-state index in [0.29, 0.717) is 0 Å². The first-order valence-corrected chi connectivity index (χ1v) is 5.74. The molecule has 0 aliphatic heterocycles. The summed E-state index contributed by atoms with van der Waals surface area (Å²) in [7, 11) is 0. The molecule has 0 aromatic heterocycles. The van der Waals surface area contributed by atoms with Crippen LogP contribution in [0.5, 0.6) is 0 Å². The first kappa shape index (κ1) is 10.3. The molecule has 0 amide bonds. The molecule has 0 saturated carbocycles. The molecule has 0 N–H and O–H groups in total. The van der Waals surface area contributed by atoms with Gasteiger partial charge in [0.2, 0.25) is 0 Å². The molecule has 0 nitrogen and oxygen atoms in total. The molecule has 0 atom stereocenters. The second-order valence-corrected chi connectivity index (χ2v) is 4.19. The molecule has 0 aliphatic rings. The third kappa shape index (κ3) is 2.07. The highest BCUT2D eigenvalue weighted by atomic mass is 32.1. The molecule has 2 aromatic rings. The van der Waals surface area contributed by atoms with Crippen LogP contribution in [0.25, 0.3) is 10.8 Å². The molecule has 0 radical (unpaired) electrons. The fraction of sp³-hybridized carbons (Fsp3) is 0.214. The van der Waals surface area contributed by atoms with Gasteiger partial charge in [-0.05, 0) is 22.8 Å². The van der Waals surface area contributed by atoms with Crippen LogP contribution >= 0.6 is 12.2 Å². The Bertz CT molecular complexity index is 480. The lowest BCUT2D eigenvalue weighted by Crippen LogP contribution is -1.97. The van der Waals surface area contributed by atoms with Crippen LogP contribution < -0.4 is 0 Å². The number of hydrogen-bond donors (Lipinski definition) is 0. The molecular weight excluding hydrogens is 200 g/mol. The molecule has 1 heteroatoms. The lowest BCUT2D eigenvalue weighted by atomic mass is 10.0. The van der Waals surface area contributed by atoms with Gasteiger partial charge in [-0.3, -0.25) is 0 Å². The van der Waals surface area contributed by atoms with Gasteiger partial charge in [0.05, 0.1) is 0 Å². The standard InChI is InChI=1S/C14H14S/c1-2-6-14(15)13-10-5-8-11-7-3-4-9-12(11)13/h3-5,7-10H,2,6H2,1H3. The molecule has 0 saturated heterocycles. The fourth-order valence-electron chi connectivity index (χ4n) is 1.83. The number of fused-ring (bicyclic) bond motifs is 1. The minimum absolute atomic E-state index is 1.00. The second kappa shape index (κ2) is 4.54. The van der Waals surface area contributed by atoms with Crippen LogP contribution in [0.4, 0.5) is 0 Å². The van der Waals surface area contributed by atoms with Crippen molar-refractivity contribution in [2.24, 2.45) is 0 Å². The normalized spacial score (nSPS) is 10.5. The van der Waals surface area contributed by atoms with Crippen molar-refractivity contribution in [1.82, 2.24) is 0 Å². The Morgan fingerprint density at radius 2 is 1.80 bits per heavy atom. The molecule has 0 spiro atoms. The molecule has 15 heavy (non-hydrogen) atoms. The zero-order chi connectivity index (χ0) is 10.7. The molecule has 0 heterocycles. The summed E-state index contributed by atoms with van der Waals surface area (Å²) >= 11 is 5.45. The Balaban J connectivity index is 2.56. The van der Waals surface area contributed by atoms with E-state index in [1.165, 1.54) is 16.3 Å². The highest BCUT2D eigenvalue weighted by molar-refractivity contribution is 7.80. The summed E-state index contributed by atoms with van der Waals surface area (Å²) in [4.78, 5) is 1.08. The van der Waals surface area contributed by atoms with Crippen molar-refractivity contribution >= 4 is 27.9 Å². The summed E-state index contributed by atoms with van der Waals surface area (Å²) in [6.07, 6.45) is 2.12. The van der Waals surface area contributed by atoms with E-state index in [9.17, 15) is 0 Å². The van der Waals surface area contributed by atoms with Gasteiger partial charge in [-0.15, -0.1) is 0 Å². The number of thiocarbonyl (C=S) groups is 1. The second-order valence-electron chi connectivity index (χ2n) is 3.70. The summed E-state index contributed by atoms with van der Waals surface area (Å²) in [6.45, 7) is 2.16. The Morgan fingerprint density at radius 3 is 2.60 bits per heavy atom. The van der Waals surface area contributed by atoms with E-state index < -0.39 is 0 Å². The predicted octanol–water partition coefficient (Wildman–Crippen LogP) is 4.36. The SMILES string of the molecule is CCCC(=S)c1cccc2ccccc12. The minimum Gasteiger partial charge on any atom is -0.0842 e. The summed E-state index contributed by atoms with van der Waals surface area (Å²) in [6, 6.07) is 14.8. The average Bonchev–Trinajstić information content (AvgIpc) is 2.28. The van der Waals surface area contributed by atoms with Crippen LogP contribution in [0.1, 0.15) is 25.3 Å². The van der Waals surface area contributed by atoms with Crippen molar-refractivity contribution in [2.75, 3.05) is 0 Å². The van der Waals surface area contributed by atoms with E-state index in [1.54, 1.807) is 0 Å². The van der Waals surface area contributed by atoms with Gasteiger partial charge in [-0.2, -0.15) is 0 Å². The predicted molar refractivity (Wildman–Crippen MR) is 70.6 cm³/mol. The van der Waals surface area contributed by atoms with Gasteiger partial charge in [0.1, 0.15) is 0 Å². The first-order chi connectivity index (χ1) is 7.33. The van der Waals surface area contributed by atoms with Crippen molar-refractivity contribution in [3.63, 3.8) is 0 Å². The van der Waals surface area contributed by atoms with Gasteiger partial charge in [0.25, 0.3) is 0 Å². The van der Waals surface area contributed by atoms with E-state index in [4.69, 9.17) is 12.2 Å². The van der Waals surface area contributed by atoms with Gasteiger partial charge in [-0.1, -0.05) is 68.0 Å². The summed E-state index contributed by atoms with van der Waals surface area (Å²) < 4.78 is 0. The molecule has 0 unspecified atom stereocenters. The Kier molecular flexibility index (Phi) is 3.12. The smallest absolute Gasteiger partial charge is 0.0230 e. The molecule has 0 fully saturated rings. The monoisotopic (exact) mass is 214 g/mol. The number of rotatable bonds is 3. The maximum Gasteiger partial charge on any atom is 0.0230 e. The van der Waals surface area contributed by atoms with E-state index in [1.807, 2.05) is 0 Å². The molecule has 2 rings (SSSR count). The lowest BCUT2D eigenvalue weighted by Gasteiger charge is -2.06. The van der Waals surface area contributed by atoms with Crippen LogP contribution in [0.15, 0.2) is 42.5 Å². The lowest BCUT2D eigenvalue weighted by molar-refractivity contribution is 1.01. The van der Waals surface area contributed by atoms with Crippen LogP contribution in [-0.2, 0) is 0 Å². The van der Waals surface area contributed by atoms with Crippen LogP contribution in [0, 0.1) is 0 Å². The highest BCUT2D eigenvalue weighted by Crippen LogP contribution is 2.20. The third-order valence-electron chi connectivity index (χ3n) is 2.57. The van der Waals surface area contributed by atoms with E-state index in [2.05, 4.69) is 49.4 Å². The van der Waals surface area contributed by atoms with E-state index in [0.717, 1.165) is 17.7 Å². The zero-order valence-corrected chi connectivity index (χ0v) is 9.68. The van der Waals surface area contributed by atoms with Crippen LogP contribution in [0.2, 0.25) is 0 Å². The third-order valence-corrected chi connectivity index (χ3v) is 2.99. The Labute approximate surface area is 95.9 Å². The molecular formula is C14H14S. The van der Waals surface area contributed by atoms with E-state index in [-0.39, 0.29) is 0 Å². The van der Waals surface area contributed by atoms with Gasteiger partial charge in [0, 0.05) is 4.86 Å². The van der Waals surface area contributed by atoms with Gasteiger partial charge in [0.15, 0.2) is 0 Å². The quantitative estimate of drug-likeness (QED) is 0.540.